The second kappa shape index (κ2) is 6.84. The van der Waals surface area contributed by atoms with Gasteiger partial charge in [0.05, 0.1) is 12.0 Å². The second-order valence-corrected chi connectivity index (χ2v) is 8.01. The van der Waals surface area contributed by atoms with Crippen LogP contribution >= 0.6 is 11.6 Å². The Bertz CT molecular complexity index is 939. The highest BCUT2D eigenvalue weighted by atomic mass is 35.5. The zero-order valence-electron chi connectivity index (χ0n) is 15.8. The van der Waals surface area contributed by atoms with Crippen molar-refractivity contribution in [1.82, 2.24) is 10.5 Å². The van der Waals surface area contributed by atoms with E-state index in [4.69, 9.17) is 16.0 Å². The predicted octanol–water partition coefficient (Wildman–Crippen LogP) is 4.10. The predicted molar refractivity (Wildman–Crippen MR) is 107 cm³/mol. The largest absolute Gasteiger partial charge is 0.622 e. The fraction of sp³-hybridized carbons (Fsp3) is 0.350. The number of hydrazine groups is 1. The molecule has 4 rings (SSSR count). The van der Waals surface area contributed by atoms with Crippen molar-refractivity contribution in [2.45, 2.75) is 44.3 Å². The number of nitrogens with zero attached hydrogens (tertiary/aromatic N) is 2. The van der Waals surface area contributed by atoms with Crippen molar-refractivity contribution in [2.75, 3.05) is 5.43 Å². The van der Waals surface area contributed by atoms with Crippen LogP contribution in [0, 0.1) is 5.21 Å². The average Bonchev–Trinajstić information content (AvgIpc) is 3.23. The molecule has 0 unspecified atom stereocenters. The van der Waals surface area contributed by atoms with Crippen LogP contribution in [0.2, 0.25) is 5.02 Å². The summed E-state index contributed by atoms with van der Waals surface area (Å²) in [6, 6.07) is 10.7. The number of allylic oxidation sites excluding steroid dienone is 1. The maximum Gasteiger partial charge on any atom is 0.293 e. The lowest BCUT2D eigenvalue weighted by atomic mass is 9.90. The smallest absolute Gasteiger partial charge is 0.293 e. The lowest BCUT2D eigenvalue weighted by molar-refractivity contribution is -0.581. The van der Waals surface area contributed by atoms with Crippen LogP contribution in [0.1, 0.15) is 38.9 Å². The Morgan fingerprint density at radius 3 is 2.79 bits per heavy atom. The number of halogens is 1. The molecular weight excluding hydrogens is 380 g/mol. The van der Waals surface area contributed by atoms with E-state index in [1.807, 2.05) is 18.2 Å². The van der Waals surface area contributed by atoms with E-state index in [1.54, 1.807) is 38.1 Å². The summed E-state index contributed by atoms with van der Waals surface area (Å²) in [4.78, 5) is 0. The van der Waals surface area contributed by atoms with Crippen molar-refractivity contribution < 1.29 is 14.4 Å². The Hall–Kier alpha value is -2.48. The summed E-state index contributed by atoms with van der Waals surface area (Å²) in [5, 5.41) is 26.5. The molecule has 148 valence electrons. The summed E-state index contributed by atoms with van der Waals surface area (Å²) in [6.07, 6.45) is 5.52. The molecule has 28 heavy (non-hydrogen) atoms. The summed E-state index contributed by atoms with van der Waals surface area (Å²) >= 11 is 6.04. The SMILES string of the molecule is CC1(C)C(c2ccco2)=[N+]([O-])[C@]2(CCCC=C2NNc2cccc(Cl)c2)N1O. The molecule has 8 heteroatoms. The third-order valence-corrected chi connectivity index (χ3v) is 5.66. The van der Waals surface area contributed by atoms with Crippen LogP contribution in [-0.4, -0.2) is 31.9 Å². The van der Waals surface area contributed by atoms with Crippen molar-refractivity contribution in [3.63, 3.8) is 0 Å². The van der Waals surface area contributed by atoms with Crippen LogP contribution < -0.4 is 10.9 Å². The number of anilines is 1. The van der Waals surface area contributed by atoms with Gasteiger partial charge in [0.1, 0.15) is 11.2 Å². The third-order valence-electron chi connectivity index (χ3n) is 5.43. The zero-order valence-corrected chi connectivity index (χ0v) is 16.5. The molecule has 1 aliphatic carbocycles. The van der Waals surface area contributed by atoms with Crippen molar-refractivity contribution >= 4 is 23.0 Å². The van der Waals surface area contributed by atoms with E-state index in [1.165, 1.54) is 6.26 Å². The number of nitrogens with one attached hydrogen (secondary N) is 2. The maximum absolute atomic E-state index is 13.6. The van der Waals surface area contributed by atoms with Crippen LogP contribution in [0.25, 0.3) is 0 Å². The Morgan fingerprint density at radius 2 is 2.07 bits per heavy atom. The second-order valence-electron chi connectivity index (χ2n) is 7.58. The minimum absolute atomic E-state index is 0.386. The molecule has 2 aromatic rings. The van der Waals surface area contributed by atoms with E-state index >= 15 is 0 Å². The lowest BCUT2D eigenvalue weighted by Gasteiger charge is -2.39. The monoisotopic (exact) mass is 402 g/mol. The van der Waals surface area contributed by atoms with Crippen LogP contribution in [0.3, 0.4) is 0 Å². The van der Waals surface area contributed by atoms with Gasteiger partial charge in [-0.2, -0.15) is 4.74 Å². The number of hydrogen-bond acceptors (Lipinski definition) is 6. The first-order chi connectivity index (χ1) is 13.4. The lowest BCUT2D eigenvalue weighted by Crippen LogP contribution is -2.59. The number of rotatable bonds is 4. The molecule has 0 fully saturated rings. The molecule has 3 N–H and O–H groups in total. The first-order valence-electron chi connectivity index (χ1n) is 9.23. The average molecular weight is 403 g/mol. The van der Waals surface area contributed by atoms with Gasteiger partial charge in [-0.1, -0.05) is 23.7 Å². The van der Waals surface area contributed by atoms with Crippen molar-refractivity contribution in [1.29, 1.82) is 0 Å². The molecule has 0 bridgehead atoms. The molecular formula is C20H23ClN4O3. The molecule has 2 aliphatic rings. The van der Waals surface area contributed by atoms with E-state index in [0.29, 0.717) is 28.6 Å². The summed E-state index contributed by atoms with van der Waals surface area (Å²) < 4.78 is 6.38. The molecule has 0 saturated carbocycles. The molecule has 1 aromatic heterocycles. The molecule has 1 spiro atoms. The normalized spacial score (nSPS) is 24.5. The van der Waals surface area contributed by atoms with Crippen molar-refractivity contribution in [3.8, 4) is 0 Å². The van der Waals surface area contributed by atoms with Gasteiger partial charge in [-0.3, -0.25) is 5.43 Å². The summed E-state index contributed by atoms with van der Waals surface area (Å²) in [7, 11) is 0. The fourth-order valence-corrected chi connectivity index (χ4v) is 4.27. The minimum Gasteiger partial charge on any atom is -0.622 e. The van der Waals surface area contributed by atoms with E-state index < -0.39 is 11.2 Å². The number of furan rings is 1. The van der Waals surface area contributed by atoms with E-state index in [-0.39, 0.29) is 0 Å². The van der Waals surface area contributed by atoms with E-state index in [2.05, 4.69) is 10.9 Å². The standard InChI is InChI=1S/C20H23ClN4O3/c1-19(2)18(16-9-6-12-28-16)24(26)20(25(19)27)11-4-3-10-17(20)23-22-15-8-5-7-14(21)13-15/h5-10,12-13,22-23,27H,3-4,11H2,1-2H3/t20-/m1/s1. The van der Waals surface area contributed by atoms with Gasteiger partial charge >= 0.3 is 0 Å². The molecule has 7 nitrogen and oxygen atoms in total. The third kappa shape index (κ3) is 2.78. The van der Waals surface area contributed by atoms with Gasteiger partial charge in [-0.05, 0) is 57.0 Å². The Kier molecular flexibility index (Phi) is 4.61. The van der Waals surface area contributed by atoms with E-state index in [0.717, 1.165) is 28.3 Å². The number of benzene rings is 1. The molecule has 1 atom stereocenters. The topological polar surface area (TPSA) is 86.7 Å². The van der Waals surface area contributed by atoms with Gasteiger partial charge in [0.25, 0.3) is 11.4 Å². The quantitative estimate of drug-likeness (QED) is 0.405. The highest BCUT2D eigenvalue weighted by Gasteiger charge is 2.65. The van der Waals surface area contributed by atoms with Crippen molar-refractivity contribution in [2.24, 2.45) is 0 Å². The Balaban J connectivity index is 1.73. The first-order valence-corrected chi connectivity index (χ1v) is 9.61. The van der Waals surface area contributed by atoms with Gasteiger partial charge in [0, 0.05) is 11.4 Å². The molecule has 0 amide bonds. The Morgan fingerprint density at radius 1 is 1.25 bits per heavy atom. The van der Waals surface area contributed by atoms with Crippen LogP contribution in [0.15, 0.2) is 58.9 Å². The first kappa shape index (κ1) is 18.9. The number of hydroxylamine groups is 3. The van der Waals surface area contributed by atoms with Crippen LogP contribution in [0.4, 0.5) is 5.69 Å². The fourth-order valence-electron chi connectivity index (χ4n) is 4.08. The minimum atomic E-state index is -1.27. The molecule has 0 saturated heterocycles. The van der Waals surface area contributed by atoms with Gasteiger partial charge in [-0.25, -0.2) is 0 Å². The summed E-state index contributed by atoms with van der Waals surface area (Å²) in [5.74, 6) is 0.448. The summed E-state index contributed by atoms with van der Waals surface area (Å²) in [5.41, 5.74) is 5.74. The molecule has 2 heterocycles. The zero-order chi connectivity index (χ0) is 19.9. The maximum atomic E-state index is 13.6. The van der Waals surface area contributed by atoms with Gasteiger partial charge < -0.3 is 20.3 Å². The van der Waals surface area contributed by atoms with Gasteiger partial charge in [0.2, 0.25) is 0 Å². The van der Waals surface area contributed by atoms with Crippen LogP contribution in [0.5, 0.6) is 0 Å². The van der Waals surface area contributed by atoms with Crippen LogP contribution in [-0.2, 0) is 0 Å². The molecule has 1 aromatic carbocycles. The van der Waals surface area contributed by atoms with E-state index in [9.17, 15) is 10.4 Å². The molecule has 1 aliphatic heterocycles. The van der Waals surface area contributed by atoms with Crippen molar-refractivity contribution in [3.05, 3.63) is 70.4 Å². The highest BCUT2D eigenvalue weighted by Crippen LogP contribution is 2.43. The van der Waals surface area contributed by atoms with Gasteiger partial charge in [-0.15, -0.1) is 5.06 Å². The Labute approximate surface area is 168 Å². The summed E-state index contributed by atoms with van der Waals surface area (Å²) in [6.45, 7) is 3.61. The molecule has 0 radical (unpaired) electrons. The number of hydrogen-bond donors (Lipinski definition) is 3. The highest BCUT2D eigenvalue weighted by molar-refractivity contribution is 6.30. The van der Waals surface area contributed by atoms with Gasteiger partial charge in [0.15, 0.2) is 5.76 Å².